The summed E-state index contributed by atoms with van der Waals surface area (Å²) in [5, 5.41) is 6.14. The van der Waals surface area contributed by atoms with Crippen LogP contribution in [0.25, 0.3) is 0 Å². The van der Waals surface area contributed by atoms with E-state index in [1.54, 1.807) is 18.3 Å². The van der Waals surface area contributed by atoms with Gasteiger partial charge in [-0.3, -0.25) is 4.79 Å². The van der Waals surface area contributed by atoms with E-state index in [0.717, 1.165) is 18.7 Å². The lowest BCUT2D eigenvalue weighted by Gasteiger charge is -2.10. The lowest BCUT2D eigenvalue weighted by Crippen LogP contribution is -2.27. The smallest absolute Gasteiger partial charge is 0.251 e. The monoisotopic (exact) mass is 312 g/mol. The van der Waals surface area contributed by atoms with E-state index in [4.69, 9.17) is 0 Å². The maximum Gasteiger partial charge on any atom is 0.251 e. The molecule has 0 fully saturated rings. The van der Waals surface area contributed by atoms with E-state index in [2.05, 4.69) is 20.5 Å². The van der Waals surface area contributed by atoms with E-state index in [1.165, 1.54) is 5.56 Å². The van der Waals surface area contributed by atoms with Gasteiger partial charge in [0.25, 0.3) is 5.91 Å². The van der Waals surface area contributed by atoms with Crippen LogP contribution in [0.2, 0.25) is 0 Å². The highest BCUT2D eigenvalue weighted by molar-refractivity contribution is 5.94. The fourth-order valence-corrected chi connectivity index (χ4v) is 2.12. The summed E-state index contributed by atoms with van der Waals surface area (Å²) >= 11 is 0. The van der Waals surface area contributed by atoms with Crippen molar-refractivity contribution in [1.82, 2.24) is 15.2 Å². The number of carbonyl (C=O) groups is 1. The molecule has 1 aromatic heterocycles. The van der Waals surface area contributed by atoms with Crippen molar-refractivity contribution < 1.29 is 4.79 Å². The first-order valence-corrected chi connectivity index (χ1v) is 7.77. The fourth-order valence-electron chi connectivity index (χ4n) is 2.12. The van der Waals surface area contributed by atoms with E-state index in [-0.39, 0.29) is 5.91 Å². The minimum absolute atomic E-state index is 0.0712. The zero-order valence-corrected chi connectivity index (χ0v) is 14.0. The van der Waals surface area contributed by atoms with E-state index in [0.29, 0.717) is 17.9 Å². The van der Waals surface area contributed by atoms with Gasteiger partial charge in [-0.2, -0.15) is 0 Å². The third-order valence-corrected chi connectivity index (χ3v) is 3.41. The van der Waals surface area contributed by atoms with Crippen molar-refractivity contribution in [3.8, 4) is 0 Å². The number of rotatable bonds is 7. The average molecular weight is 312 g/mol. The first kappa shape index (κ1) is 17.0. The summed E-state index contributed by atoms with van der Waals surface area (Å²) in [4.78, 5) is 18.5. The molecule has 0 aliphatic heterocycles. The van der Waals surface area contributed by atoms with Gasteiger partial charge in [0.15, 0.2) is 0 Å². The van der Waals surface area contributed by atoms with Gasteiger partial charge in [0.05, 0.1) is 0 Å². The largest absolute Gasteiger partial charge is 0.352 e. The van der Waals surface area contributed by atoms with Gasteiger partial charge < -0.3 is 15.5 Å². The predicted octanol–water partition coefficient (Wildman–Crippen LogP) is 2.82. The molecule has 0 saturated carbocycles. The highest BCUT2D eigenvalue weighted by Crippen LogP contribution is 2.16. The summed E-state index contributed by atoms with van der Waals surface area (Å²) in [6, 6.07) is 11.5. The van der Waals surface area contributed by atoms with Crippen LogP contribution in [-0.2, 0) is 0 Å². The topological polar surface area (TPSA) is 57.3 Å². The summed E-state index contributed by atoms with van der Waals surface area (Å²) in [6.45, 7) is 3.67. The highest BCUT2D eigenvalue weighted by atomic mass is 16.1. The van der Waals surface area contributed by atoms with Crippen LogP contribution in [0.5, 0.6) is 0 Å². The van der Waals surface area contributed by atoms with E-state index >= 15 is 0 Å². The van der Waals surface area contributed by atoms with Crippen LogP contribution in [0.4, 0.5) is 11.5 Å². The Labute approximate surface area is 137 Å². The summed E-state index contributed by atoms with van der Waals surface area (Å²) in [5.41, 5.74) is 2.76. The third-order valence-electron chi connectivity index (χ3n) is 3.41. The number of aryl methyl sites for hydroxylation is 1. The second-order valence-electron chi connectivity index (χ2n) is 5.83. The lowest BCUT2D eigenvalue weighted by molar-refractivity contribution is 0.0952. The molecule has 0 radical (unpaired) electrons. The zero-order valence-electron chi connectivity index (χ0n) is 14.0. The van der Waals surface area contributed by atoms with Crippen molar-refractivity contribution in [3.63, 3.8) is 0 Å². The van der Waals surface area contributed by atoms with Crippen LogP contribution in [0.1, 0.15) is 22.3 Å². The Bertz CT molecular complexity index is 638. The van der Waals surface area contributed by atoms with Crippen molar-refractivity contribution in [2.24, 2.45) is 0 Å². The minimum Gasteiger partial charge on any atom is -0.352 e. The number of aromatic nitrogens is 1. The molecule has 0 spiro atoms. The van der Waals surface area contributed by atoms with E-state index in [9.17, 15) is 4.79 Å². The Balaban J connectivity index is 1.93. The van der Waals surface area contributed by atoms with Crippen LogP contribution >= 0.6 is 0 Å². The first-order chi connectivity index (χ1) is 11.0. The summed E-state index contributed by atoms with van der Waals surface area (Å²) in [5.74, 6) is 0.591. The second-order valence-corrected chi connectivity index (χ2v) is 5.83. The summed E-state index contributed by atoms with van der Waals surface area (Å²) in [7, 11) is 4.04. The molecule has 1 aromatic carbocycles. The molecule has 2 rings (SSSR count). The van der Waals surface area contributed by atoms with Crippen LogP contribution in [-0.4, -0.2) is 43.0 Å². The average Bonchev–Trinajstić information content (AvgIpc) is 2.54. The summed E-state index contributed by atoms with van der Waals surface area (Å²) in [6.07, 6.45) is 2.57. The number of nitrogens with one attached hydrogen (secondary N) is 2. The van der Waals surface area contributed by atoms with Gasteiger partial charge >= 0.3 is 0 Å². The molecule has 2 N–H and O–H groups in total. The normalized spacial score (nSPS) is 10.6. The number of carbonyl (C=O) groups excluding carboxylic acids is 1. The van der Waals surface area contributed by atoms with E-state index < -0.39 is 0 Å². The third kappa shape index (κ3) is 5.71. The summed E-state index contributed by atoms with van der Waals surface area (Å²) < 4.78 is 0. The number of pyridine rings is 1. The molecule has 5 heteroatoms. The molecule has 0 atom stereocenters. The van der Waals surface area contributed by atoms with Gasteiger partial charge in [0, 0.05) is 24.0 Å². The molecule has 0 bridgehead atoms. The fraction of sp³-hybridized carbons (Fsp3) is 0.333. The van der Waals surface area contributed by atoms with Crippen molar-refractivity contribution in [3.05, 3.63) is 53.7 Å². The number of hydrogen-bond acceptors (Lipinski definition) is 4. The lowest BCUT2D eigenvalue weighted by atomic mass is 10.2. The van der Waals surface area contributed by atoms with Crippen molar-refractivity contribution in [1.29, 1.82) is 0 Å². The van der Waals surface area contributed by atoms with Gasteiger partial charge in [0.1, 0.15) is 5.82 Å². The number of nitrogens with zero attached hydrogens (tertiary/aromatic N) is 2. The zero-order chi connectivity index (χ0) is 16.7. The molecule has 0 unspecified atom stereocenters. The standard InChI is InChI=1S/C18H24N4O/c1-14-5-7-16(8-6-14)21-17-13-15(9-11-19-17)18(23)20-10-4-12-22(2)3/h5-9,11,13H,4,10,12H2,1-3H3,(H,19,21)(H,20,23). The second kappa shape index (κ2) is 8.29. The Kier molecular flexibility index (Phi) is 6.11. The molecular weight excluding hydrogens is 288 g/mol. The maximum absolute atomic E-state index is 12.2. The first-order valence-electron chi connectivity index (χ1n) is 7.77. The van der Waals surface area contributed by atoms with Crippen molar-refractivity contribution in [2.75, 3.05) is 32.5 Å². The van der Waals surface area contributed by atoms with Crippen LogP contribution in [0.3, 0.4) is 0 Å². The minimum atomic E-state index is -0.0712. The van der Waals surface area contributed by atoms with Crippen molar-refractivity contribution in [2.45, 2.75) is 13.3 Å². The molecule has 122 valence electrons. The Morgan fingerprint density at radius 2 is 1.91 bits per heavy atom. The van der Waals surface area contributed by atoms with Gasteiger partial charge in [-0.25, -0.2) is 4.98 Å². The van der Waals surface area contributed by atoms with Crippen molar-refractivity contribution >= 4 is 17.4 Å². The SMILES string of the molecule is Cc1ccc(Nc2cc(C(=O)NCCCN(C)C)ccn2)cc1. The van der Waals surface area contributed by atoms with Gasteiger partial charge in [-0.05, 0) is 58.3 Å². The Morgan fingerprint density at radius 1 is 1.17 bits per heavy atom. The molecular formula is C18H24N4O. The molecule has 1 amide bonds. The number of benzene rings is 1. The molecule has 0 aliphatic rings. The maximum atomic E-state index is 12.2. The number of hydrogen-bond donors (Lipinski definition) is 2. The molecule has 0 saturated heterocycles. The molecule has 2 aromatic rings. The van der Waals surface area contributed by atoms with Gasteiger partial charge in [-0.15, -0.1) is 0 Å². The van der Waals surface area contributed by atoms with Crippen LogP contribution < -0.4 is 10.6 Å². The number of anilines is 2. The highest BCUT2D eigenvalue weighted by Gasteiger charge is 2.06. The van der Waals surface area contributed by atoms with Crippen LogP contribution in [0.15, 0.2) is 42.6 Å². The van der Waals surface area contributed by atoms with Gasteiger partial charge in [0.2, 0.25) is 0 Å². The quantitative estimate of drug-likeness (QED) is 0.772. The Morgan fingerprint density at radius 3 is 2.61 bits per heavy atom. The van der Waals surface area contributed by atoms with Gasteiger partial charge in [-0.1, -0.05) is 17.7 Å². The van der Waals surface area contributed by atoms with E-state index in [1.807, 2.05) is 45.3 Å². The number of amides is 1. The molecule has 23 heavy (non-hydrogen) atoms. The predicted molar refractivity (Wildman–Crippen MR) is 94.2 cm³/mol. The van der Waals surface area contributed by atoms with Crippen LogP contribution in [0, 0.1) is 6.92 Å². The Hall–Kier alpha value is -2.40. The molecule has 0 aliphatic carbocycles. The molecule has 1 heterocycles. The molecule has 5 nitrogen and oxygen atoms in total.